The third-order valence-corrected chi connectivity index (χ3v) is 5.63. The first kappa shape index (κ1) is 24.6. The summed E-state index contributed by atoms with van der Waals surface area (Å²) in [7, 11) is 1.62. The summed E-state index contributed by atoms with van der Waals surface area (Å²) in [5, 5.41) is 8.39. The molecule has 1 aliphatic heterocycles. The zero-order valence-electron chi connectivity index (χ0n) is 20.6. The van der Waals surface area contributed by atoms with Crippen LogP contribution >= 0.6 is 11.6 Å². The van der Waals surface area contributed by atoms with Crippen LogP contribution in [-0.2, 0) is 17.8 Å². The summed E-state index contributed by atoms with van der Waals surface area (Å²) in [5.74, 6) is 0.861. The predicted octanol–water partition coefficient (Wildman–Crippen LogP) is 4.50. The fraction of sp³-hybridized carbons (Fsp3) is 0.417. The van der Waals surface area contributed by atoms with Crippen LogP contribution in [0.4, 0.5) is 10.6 Å². The second kappa shape index (κ2) is 9.26. The van der Waals surface area contributed by atoms with E-state index in [9.17, 15) is 9.59 Å². The molecule has 3 aromatic heterocycles. The zero-order chi connectivity index (χ0) is 25.5. The summed E-state index contributed by atoms with van der Waals surface area (Å²) in [5.41, 5.74) is 1.66. The lowest BCUT2D eigenvalue weighted by molar-refractivity contribution is 0.0282. The topological polar surface area (TPSA) is 106 Å². The Kier molecular flexibility index (Phi) is 6.50. The molecule has 0 bridgehead atoms. The van der Waals surface area contributed by atoms with Crippen molar-refractivity contribution in [2.45, 2.75) is 59.4 Å². The van der Waals surface area contributed by atoms with E-state index in [4.69, 9.17) is 21.3 Å². The van der Waals surface area contributed by atoms with Crippen LogP contribution in [0.15, 0.2) is 30.6 Å². The molecule has 0 aliphatic carbocycles. The third-order valence-electron chi connectivity index (χ3n) is 5.43. The first-order valence-electron chi connectivity index (χ1n) is 11.3. The van der Waals surface area contributed by atoms with Gasteiger partial charge in [0.1, 0.15) is 28.6 Å². The molecule has 1 aliphatic rings. The maximum atomic E-state index is 13.3. The van der Waals surface area contributed by atoms with Crippen molar-refractivity contribution in [1.82, 2.24) is 29.6 Å². The van der Waals surface area contributed by atoms with Crippen LogP contribution in [0.2, 0.25) is 5.15 Å². The lowest BCUT2D eigenvalue weighted by Gasteiger charge is -2.25. The molecule has 4 rings (SSSR count). The van der Waals surface area contributed by atoms with E-state index in [-0.39, 0.29) is 30.2 Å². The van der Waals surface area contributed by atoms with Crippen LogP contribution < -0.4 is 4.90 Å². The highest BCUT2D eigenvalue weighted by molar-refractivity contribution is 6.30. The van der Waals surface area contributed by atoms with Crippen molar-refractivity contribution in [2.75, 3.05) is 11.9 Å². The van der Waals surface area contributed by atoms with Gasteiger partial charge in [-0.05, 0) is 52.8 Å². The molecule has 4 heterocycles. The van der Waals surface area contributed by atoms with Gasteiger partial charge in [0.25, 0.3) is 5.91 Å². The van der Waals surface area contributed by atoms with Crippen molar-refractivity contribution in [2.24, 2.45) is 0 Å². The zero-order valence-corrected chi connectivity index (χ0v) is 21.4. The van der Waals surface area contributed by atoms with Crippen molar-refractivity contribution >= 4 is 29.4 Å². The number of amides is 2. The van der Waals surface area contributed by atoms with Crippen LogP contribution in [-0.4, -0.2) is 54.3 Å². The van der Waals surface area contributed by atoms with Crippen LogP contribution in [0.1, 0.15) is 62.3 Å². The molecule has 10 nitrogen and oxygen atoms in total. The van der Waals surface area contributed by atoms with Gasteiger partial charge in [-0.25, -0.2) is 14.8 Å². The smallest absolute Gasteiger partial charge is 0.410 e. The number of ether oxygens (including phenoxy) is 1. The molecule has 0 atom stereocenters. The second-order valence-corrected chi connectivity index (χ2v) is 10.1. The van der Waals surface area contributed by atoms with E-state index < -0.39 is 11.7 Å². The van der Waals surface area contributed by atoms with Crippen LogP contribution in [0.3, 0.4) is 0 Å². The summed E-state index contributed by atoms with van der Waals surface area (Å²) in [4.78, 5) is 37.9. The predicted molar refractivity (Wildman–Crippen MR) is 131 cm³/mol. The van der Waals surface area contributed by atoms with Crippen LogP contribution in [0.5, 0.6) is 0 Å². The summed E-state index contributed by atoms with van der Waals surface area (Å²) in [6.45, 7) is 9.86. The molecule has 0 fully saturated rings. The Labute approximate surface area is 208 Å². The minimum Gasteiger partial charge on any atom is -0.444 e. The van der Waals surface area contributed by atoms with Crippen molar-refractivity contribution < 1.29 is 14.3 Å². The van der Waals surface area contributed by atoms with Gasteiger partial charge in [-0.15, -0.1) is 10.2 Å². The molecule has 11 heteroatoms. The third kappa shape index (κ3) is 5.12. The van der Waals surface area contributed by atoms with E-state index in [1.54, 1.807) is 51.2 Å². The average Bonchev–Trinajstić information content (AvgIpc) is 3.38. The lowest BCUT2D eigenvalue weighted by atomic mass is 10.1. The van der Waals surface area contributed by atoms with Crippen molar-refractivity contribution in [3.63, 3.8) is 0 Å². The van der Waals surface area contributed by atoms with E-state index in [1.165, 1.54) is 4.90 Å². The average molecular weight is 498 g/mol. The van der Waals surface area contributed by atoms with E-state index in [0.29, 0.717) is 34.2 Å². The Morgan fingerprint density at radius 1 is 1.26 bits per heavy atom. The number of halogens is 1. The standard InChI is InChI=1S/C24H28ClN7O3/c1-14(2)32-13-26-29-21(32)17-8-7-9-20(28-17)31-11-16-15(22(31)33)10-19(25)27-18(16)12-30(6)23(34)35-24(3,4)5/h7-10,13-14H,11-12H2,1-6H3. The Morgan fingerprint density at radius 2 is 2.00 bits per heavy atom. The highest BCUT2D eigenvalue weighted by Gasteiger charge is 2.33. The van der Waals surface area contributed by atoms with Crippen molar-refractivity contribution in [3.05, 3.63) is 52.6 Å². The fourth-order valence-electron chi connectivity index (χ4n) is 3.78. The number of aromatic nitrogens is 5. The molecule has 0 radical (unpaired) electrons. The van der Waals surface area contributed by atoms with Gasteiger partial charge in [-0.3, -0.25) is 9.69 Å². The molecule has 0 saturated heterocycles. The number of carbonyl (C=O) groups excluding carboxylic acids is 2. The van der Waals surface area contributed by atoms with Gasteiger partial charge in [0, 0.05) is 24.2 Å². The number of anilines is 1. The highest BCUT2D eigenvalue weighted by Crippen LogP contribution is 2.32. The second-order valence-electron chi connectivity index (χ2n) is 9.68. The summed E-state index contributed by atoms with van der Waals surface area (Å²) in [6, 6.07) is 7.14. The maximum absolute atomic E-state index is 13.3. The molecule has 0 saturated carbocycles. The Balaban J connectivity index is 1.63. The van der Waals surface area contributed by atoms with Gasteiger partial charge < -0.3 is 14.2 Å². The number of pyridine rings is 2. The number of rotatable bonds is 5. The summed E-state index contributed by atoms with van der Waals surface area (Å²) >= 11 is 6.25. The molecular formula is C24H28ClN7O3. The molecule has 0 aromatic carbocycles. The molecule has 35 heavy (non-hydrogen) atoms. The number of carbonyl (C=O) groups is 2. The minimum atomic E-state index is -0.627. The maximum Gasteiger partial charge on any atom is 0.410 e. The van der Waals surface area contributed by atoms with Gasteiger partial charge in [0.2, 0.25) is 0 Å². The monoisotopic (exact) mass is 497 g/mol. The highest BCUT2D eigenvalue weighted by atomic mass is 35.5. The van der Waals surface area contributed by atoms with Gasteiger partial charge in [0.15, 0.2) is 5.82 Å². The first-order valence-corrected chi connectivity index (χ1v) is 11.6. The van der Waals surface area contributed by atoms with Crippen molar-refractivity contribution in [1.29, 1.82) is 0 Å². The molecule has 0 spiro atoms. The fourth-order valence-corrected chi connectivity index (χ4v) is 3.99. The number of hydrogen-bond donors (Lipinski definition) is 0. The van der Waals surface area contributed by atoms with Gasteiger partial charge in [0.05, 0.1) is 18.8 Å². The lowest BCUT2D eigenvalue weighted by Crippen LogP contribution is -2.34. The van der Waals surface area contributed by atoms with Gasteiger partial charge in [-0.2, -0.15) is 0 Å². The van der Waals surface area contributed by atoms with Crippen LogP contribution in [0, 0.1) is 0 Å². The Morgan fingerprint density at radius 3 is 2.69 bits per heavy atom. The Bertz CT molecular complexity index is 1280. The first-order chi connectivity index (χ1) is 16.4. The normalized spacial score (nSPS) is 13.4. The van der Waals surface area contributed by atoms with Gasteiger partial charge in [-0.1, -0.05) is 17.7 Å². The Hall–Kier alpha value is -3.53. The van der Waals surface area contributed by atoms with E-state index in [2.05, 4.69) is 15.2 Å². The number of nitrogens with zero attached hydrogens (tertiary/aromatic N) is 7. The van der Waals surface area contributed by atoms with E-state index >= 15 is 0 Å². The summed E-state index contributed by atoms with van der Waals surface area (Å²) < 4.78 is 7.35. The molecule has 0 N–H and O–H groups in total. The van der Waals surface area contributed by atoms with Gasteiger partial charge >= 0.3 is 6.09 Å². The number of hydrogen-bond acceptors (Lipinski definition) is 7. The molecule has 184 valence electrons. The molecule has 0 unspecified atom stereocenters. The molecule has 2 amide bonds. The van der Waals surface area contributed by atoms with E-state index in [1.807, 2.05) is 30.5 Å². The largest absolute Gasteiger partial charge is 0.444 e. The van der Waals surface area contributed by atoms with E-state index in [0.717, 1.165) is 0 Å². The molecular weight excluding hydrogens is 470 g/mol. The summed E-state index contributed by atoms with van der Waals surface area (Å²) in [6.07, 6.45) is 1.17. The SMILES string of the molecule is CC(C)n1cnnc1-c1cccc(N2Cc3c(cc(Cl)nc3CN(C)C(=O)OC(C)(C)C)C2=O)n1. The quantitative estimate of drug-likeness (QED) is 0.478. The minimum absolute atomic E-state index is 0.143. The van der Waals surface area contributed by atoms with Crippen LogP contribution in [0.25, 0.3) is 11.5 Å². The number of fused-ring (bicyclic) bond motifs is 1. The molecule has 3 aromatic rings. The van der Waals surface area contributed by atoms with Crippen molar-refractivity contribution in [3.8, 4) is 11.5 Å².